The van der Waals surface area contributed by atoms with Crippen molar-refractivity contribution in [2.75, 3.05) is 5.73 Å². The summed E-state index contributed by atoms with van der Waals surface area (Å²) in [5, 5.41) is 0. The standard InChI is InChI=1S/C7H4Br2F3NO/c8-4-1-3(14-7(10,11)12)2-5(13)6(4)9/h1-2H,13H2. The minimum absolute atomic E-state index is 0.165. The lowest BCUT2D eigenvalue weighted by molar-refractivity contribution is -0.274. The number of benzene rings is 1. The summed E-state index contributed by atoms with van der Waals surface area (Å²) in [6.07, 6.45) is -4.71. The van der Waals surface area contributed by atoms with Crippen molar-refractivity contribution in [3.8, 4) is 5.75 Å². The molecule has 0 aromatic heterocycles. The molecule has 2 nitrogen and oxygen atoms in total. The van der Waals surface area contributed by atoms with E-state index in [1.807, 2.05) is 0 Å². The molecule has 0 aliphatic heterocycles. The van der Waals surface area contributed by atoms with Gasteiger partial charge in [-0.2, -0.15) is 0 Å². The molecule has 0 saturated heterocycles. The van der Waals surface area contributed by atoms with Crippen LogP contribution in [0.15, 0.2) is 21.1 Å². The van der Waals surface area contributed by atoms with E-state index in [4.69, 9.17) is 5.73 Å². The van der Waals surface area contributed by atoms with Gasteiger partial charge >= 0.3 is 6.36 Å². The third-order valence-electron chi connectivity index (χ3n) is 1.26. The lowest BCUT2D eigenvalue weighted by Crippen LogP contribution is -2.17. The van der Waals surface area contributed by atoms with E-state index in [1.54, 1.807) is 0 Å². The van der Waals surface area contributed by atoms with E-state index < -0.39 is 6.36 Å². The first-order valence-corrected chi connectivity index (χ1v) is 4.88. The van der Waals surface area contributed by atoms with Gasteiger partial charge in [0, 0.05) is 10.5 Å². The Morgan fingerprint density at radius 1 is 1.21 bits per heavy atom. The zero-order chi connectivity index (χ0) is 10.9. The van der Waals surface area contributed by atoms with Crippen molar-refractivity contribution in [2.45, 2.75) is 6.36 Å². The minimum Gasteiger partial charge on any atom is -0.406 e. The lowest BCUT2D eigenvalue weighted by Gasteiger charge is -2.10. The Hall–Kier alpha value is -0.430. The monoisotopic (exact) mass is 333 g/mol. The Labute approximate surface area is 94.5 Å². The van der Waals surface area contributed by atoms with Crippen LogP contribution in [0.5, 0.6) is 5.75 Å². The highest BCUT2D eigenvalue weighted by atomic mass is 79.9. The molecule has 0 aliphatic rings. The van der Waals surface area contributed by atoms with Gasteiger partial charge in [-0.05, 0) is 37.9 Å². The van der Waals surface area contributed by atoms with Gasteiger partial charge in [-0.1, -0.05) is 0 Å². The quantitative estimate of drug-likeness (QED) is 0.795. The van der Waals surface area contributed by atoms with E-state index in [-0.39, 0.29) is 11.4 Å². The first kappa shape index (κ1) is 11.6. The second kappa shape index (κ2) is 3.98. The number of halogens is 5. The van der Waals surface area contributed by atoms with Crippen LogP contribution in [0.3, 0.4) is 0 Å². The zero-order valence-corrected chi connectivity index (χ0v) is 9.70. The largest absolute Gasteiger partial charge is 0.573 e. The summed E-state index contributed by atoms with van der Waals surface area (Å²) < 4.78 is 40.0. The SMILES string of the molecule is Nc1cc(OC(F)(F)F)cc(Br)c1Br. The molecule has 2 N–H and O–H groups in total. The first-order valence-electron chi connectivity index (χ1n) is 3.30. The van der Waals surface area contributed by atoms with E-state index in [0.717, 1.165) is 6.07 Å². The summed E-state index contributed by atoms with van der Waals surface area (Å²) in [7, 11) is 0. The number of ether oxygens (including phenoxy) is 1. The fourth-order valence-electron chi connectivity index (χ4n) is 0.777. The summed E-state index contributed by atoms with van der Waals surface area (Å²) in [6, 6.07) is 2.26. The normalized spacial score (nSPS) is 11.5. The molecule has 1 aromatic carbocycles. The van der Waals surface area contributed by atoms with Crippen LogP contribution in [0.2, 0.25) is 0 Å². The average molecular weight is 335 g/mol. The zero-order valence-electron chi connectivity index (χ0n) is 6.53. The molecule has 1 aromatic rings. The first-order chi connectivity index (χ1) is 6.29. The second-order valence-electron chi connectivity index (χ2n) is 2.36. The van der Waals surface area contributed by atoms with E-state index in [0.29, 0.717) is 8.95 Å². The molecule has 0 aliphatic carbocycles. The number of rotatable bonds is 1. The summed E-state index contributed by atoms with van der Waals surface area (Å²) in [6.45, 7) is 0. The van der Waals surface area contributed by atoms with Crippen LogP contribution >= 0.6 is 31.9 Å². The average Bonchev–Trinajstić information content (AvgIpc) is 1.96. The number of nitrogen functional groups attached to an aromatic ring is 1. The molecule has 14 heavy (non-hydrogen) atoms. The van der Waals surface area contributed by atoms with Crippen molar-refractivity contribution < 1.29 is 17.9 Å². The third-order valence-corrected chi connectivity index (χ3v) is 3.31. The number of anilines is 1. The third kappa shape index (κ3) is 3.06. The minimum atomic E-state index is -4.71. The van der Waals surface area contributed by atoms with Gasteiger partial charge in [0.2, 0.25) is 0 Å². The molecule has 78 valence electrons. The summed E-state index contributed by atoms with van der Waals surface area (Å²) >= 11 is 6.11. The molecule has 0 amide bonds. The van der Waals surface area contributed by atoms with Crippen LogP contribution in [-0.2, 0) is 0 Å². The molecule has 0 fully saturated rings. The molecular formula is C7H4Br2F3NO. The molecule has 0 heterocycles. The van der Waals surface area contributed by atoms with Gasteiger partial charge in [-0.3, -0.25) is 0 Å². The molecule has 0 bridgehead atoms. The number of alkyl halides is 3. The highest BCUT2D eigenvalue weighted by Crippen LogP contribution is 2.35. The van der Waals surface area contributed by atoms with Crippen LogP contribution in [-0.4, -0.2) is 6.36 Å². The maximum Gasteiger partial charge on any atom is 0.573 e. The molecular weight excluding hydrogens is 331 g/mol. The van der Waals surface area contributed by atoms with Crippen LogP contribution in [0, 0.1) is 0 Å². The van der Waals surface area contributed by atoms with Gasteiger partial charge in [0.1, 0.15) is 5.75 Å². The van der Waals surface area contributed by atoms with Crippen molar-refractivity contribution in [3.05, 3.63) is 21.1 Å². The van der Waals surface area contributed by atoms with E-state index >= 15 is 0 Å². The number of hydrogen-bond acceptors (Lipinski definition) is 2. The topological polar surface area (TPSA) is 35.2 Å². The van der Waals surface area contributed by atoms with E-state index in [2.05, 4.69) is 36.6 Å². The Morgan fingerprint density at radius 2 is 1.79 bits per heavy atom. The van der Waals surface area contributed by atoms with E-state index in [9.17, 15) is 13.2 Å². The molecule has 7 heteroatoms. The van der Waals surface area contributed by atoms with Gasteiger partial charge in [0.15, 0.2) is 0 Å². The van der Waals surface area contributed by atoms with Crippen molar-refractivity contribution in [1.82, 2.24) is 0 Å². The predicted molar refractivity (Wildman–Crippen MR) is 52.9 cm³/mol. The number of hydrogen-bond donors (Lipinski definition) is 1. The predicted octanol–water partition coefficient (Wildman–Crippen LogP) is 3.69. The maximum absolute atomic E-state index is 11.8. The summed E-state index contributed by atoms with van der Waals surface area (Å²) in [5.74, 6) is -0.356. The van der Waals surface area contributed by atoms with Crippen molar-refractivity contribution in [3.63, 3.8) is 0 Å². The Kier molecular flexibility index (Phi) is 3.31. The van der Waals surface area contributed by atoms with Crippen LogP contribution in [0.1, 0.15) is 0 Å². The van der Waals surface area contributed by atoms with Crippen molar-refractivity contribution in [1.29, 1.82) is 0 Å². The second-order valence-corrected chi connectivity index (χ2v) is 4.00. The Morgan fingerprint density at radius 3 is 2.21 bits per heavy atom. The van der Waals surface area contributed by atoms with Crippen LogP contribution < -0.4 is 10.5 Å². The van der Waals surface area contributed by atoms with Gasteiger partial charge in [0.25, 0.3) is 0 Å². The Bertz CT molecular complexity index is 330. The lowest BCUT2D eigenvalue weighted by atomic mass is 10.3. The molecule has 0 spiro atoms. The summed E-state index contributed by atoms with van der Waals surface area (Å²) in [4.78, 5) is 0. The van der Waals surface area contributed by atoms with Gasteiger partial charge in [-0.15, -0.1) is 13.2 Å². The molecule has 0 atom stereocenters. The van der Waals surface area contributed by atoms with Gasteiger partial charge in [0.05, 0.1) is 10.2 Å². The highest BCUT2D eigenvalue weighted by molar-refractivity contribution is 9.13. The maximum atomic E-state index is 11.8. The van der Waals surface area contributed by atoms with Crippen molar-refractivity contribution >= 4 is 37.5 Å². The molecule has 0 unspecified atom stereocenters. The highest BCUT2D eigenvalue weighted by Gasteiger charge is 2.31. The fourth-order valence-corrected chi connectivity index (χ4v) is 1.46. The smallest absolute Gasteiger partial charge is 0.406 e. The molecule has 0 radical (unpaired) electrons. The Balaban J connectivity index is 3.02. The molecule has 0 saturated carbocycles. The van der Waals surface area contributed by atoms with Crippen LogP contribution in [0.25, 0.3) is 0 Å². The van der Waals surface area contributed by atoms with E-state index in [1.165, 1.54) is 6.07 Å². The van der Waals surface area contributed by atoms with Crippen LogP contribution in [0.4, 0.5) is 18.9 Å². The fraction of sp³-hybridized carbons (Fsp3) is 0.143. The van der Waals surface area contributed by atoms with Gasteiger partial charge in [-0.25, -0.2) is 0 Å². The molecule has 1 rings (SSSR count). The van der Waals surface area contributed by atoms with Gasteiger partial charge < -0.3 is 10.5 Å². The van der Waals surface area contributed by atoms with Crippen molar-refractivity contribution in [2.24, 2.45) is 0 Å². The summed E-state index contributed by atoms with van der Waals surface area (Å²) in [5.41, 5.74) is 5.58. The number of nitrogens with two attached hydrogens (primary N) is 1.